The van der Waals surface area contributed by atoms with Crippen molar-refractivity contribution >= 4 is 45.5 Å². The number of anilines is 3. The van der Waals surface area contributed by atoms with E-state index in [0.717, 1.165) is 21.5 Å². The maximum atomic E-state index is 12.3. The molecule has 0 radical (unpaired) electrons. The van der Waals surface area contributed by atoms with E-state index in [-0.39, 0.29) is 5.91 Å². The number of nitrogens with zero attached hydrogens (tertiary/aromatic N) is 3. The Kier molecular flexibility index (Phi) is 6.08. The molecule has 0 aliphatic rings. The summed E-state index contributed by atoms with van der Waals surface area (Å²) in [5.41, 5.74) is 1.69. The van der Waals surface area contributed by atoms with E-state index in [1.54, 1.807) is 19.1 Å². The van der Waals surface area contributed by atoms with Crippen LogP contribution in [0.15, 0.2) is 58.9 Å². The fourth-order valence-corrected chi connectivity index (χ4v) is 3.88. The highest BCUT2D eigenvalue weighted by atomic mass is 32.2. The average Bonchev–Trinajstić information content (AvgIpc) is 3.14. The van der Waals surface area contributed by atoms with Gasteiger partial charge < -0.3 is 15.0 Å². The first-order chi connectivity index (χ1) is 12.7. The van der Waals surface area contributed by atoms with Crippen LogP contribution in [0.3, 0.4) is 0 Å². The van der Waals surface area contributed by atoms with Crippen molar-refractivity contribution in [3.8, 4) is 5.75 Å². The molecule has 8 heteroatoms. The van der Waals surface area contributed by atoms with Crippen LogP contribution in [0, 0.1) is 0 Å². The maximum Gasteiger partial charge on any atom is 0.237 e. The Morgan fingerprint density at radius 2 is 1.88 bits per heavy atom. The highest BCUT2D eigenvalue weighted by Gasteiger charge is 2.13. The van der Waals surface area contributed by atoms with Gasteiger partial charge in [0.15, 0.2) is 4.34 Å². The number of hydrogen-bond donors (Lipinski definition) is 1. The van der Waals surface area contributed by atoms with E-state index in [9.17, 15) is 4.79 Å². The first kappa shape index (κ1) is 18.2. The topological polar surface area (TPSA) is 67.3 Å². The second kappa shape index (κ2) is 8.68. The number of ether oxygens (including phenoxy) is 1. The summed E-state index contributed by atoms with van der Waals surface area (Å²) in [6, 6.07) is 17.2. The summed E-state index contributed by atoms with van der Waals surface area (Å²) in [4.78, 5) is 14.0. The van der Waals surface area contributed by atoms with E-state index < -0.39 is 0 Å². The van der Waals surface area contributed by atoms with Crippen molar-refractivity contribution in [3.63, 3.8) is 0 Å². The maximum absolute atomic E-state index is 12.3. The van der Waals surface area contributed by atoms with E-state index in [2.05, 4.69) is 15.5 Å². The number of carbonyl (C=O) groups is 1. The van der Waals surface area contributed by atoms with Crippen molar-refractivity contribution in [2.24, 2.45) is 0 Å². The van der Waals surface area contributed by atoms with Gasteiger partial charge in [-0.25, -0.2) is 0 Å². The highest BCUT2D eigenvalue weighted by Crippen LogP contribution is 2.31. The normalized spacial score (nSPS) is 10.4. The zero-order valence-electron chi connectivity index (χ0n) is 14.4. The molecule has 1 heterocycles. The van der Waals surface area contributed by atoms with Crippen molar-refractivity contribution < 1.29 is 9.53 Å². The number of thioether (sulfide) groups is 1. The molecule has 3 rings (SSSR count). The number of amides is 1. The van der Waals surface area contributed by atoms with Crippen LogP contribution >= 0.6 is 23.1 Å². The molecule has 1 amide bonds. The lowest BCUT2D eigenvalue weighted by atomic mass is 10.3. The van der Waals surface area contributed by atoms with E-state index in [4.69, 9.17) is 4.74 Å². The summed E-state index contributed by atoms with van der Waals surface area (Å²) < 4.78 is 6.04. The van der Waals surface area contributed by atoms with Crippen molar-refractivity contribution in [1.29, 1.82) is 0 Å². The Labute approximate surface area is 160 Å². The Morgan fingerprint density at radius 1 is 1.15 bits per heavy atom. The van der Waals surface area contributed by atoms with Gasteiger partial charge in [-0.2, -0.15) is 0 Å². The molecule has 1 N–H and O–H groups in total. The van der Waals surface area contributed by atoms with E-state index in [0.29, 0.717) is 10.9 Å². The second-order valence-electron chi connectivity index (χ2n) is 5.28. The Morgan fingerprint density at radius 3 is 2.65 bits per heavy atom. The molecule has 26 heavy (non-hydrogen) atoms. The quantitative estimate of drug-likeness (QED) is 0.618. The molecule has 0 saturated carbocycles. The molecule has 0 spiro atoms. The first-order valence-corrected chi connectivity index (χ1v) is 9.65. The third-order valence-electron chi connectivity index (χ3n) is 3.59. The summed E-state index contributed by atoms with van der Waals surface area (Å²) in [5, 5.41) is 12.1. The van der Waals surface area contributed by atoms with Gasteiger partial charge in [-0.1, -0.05) is 53.4 Å². The lowest BCUT2D eigenvalue weighted by Crippen LogP contribution is -2.27. The van der Waals surface area contributed by atoms with Crippen LogP contribution in [0.5, 0.6) is 5.75 Å². The Hall–Kier alpha value is -2.58. The number of carbonyl (C=O) groups excluding carboxylic acids is 1. The lowest BCUT2D eigenvalue weighted by Gasteiger charge is -2.16. The molecule has 0 fully saturated rings. The van der Waals surface area contributed by atoms with Crippen LogP contribution in [0.1, 0.15) is 0 Å². The fourth-order valence-electron chi connectivity index (χ4n) is 2.20. The minimum atomic E-state index is 0.00985. The number of nitrogens with one attached hydrogen (secondary N) is 1. The van der Waals surface area contributed by atoms with Gasteiger partial charge in [0.25, 0.3) is 0 Å². The van der Waals surface area contributed by atoms with Crippen molar-refractivity contribution in [2.75, 3.05) is 30.1 Å². The second-order valence-corrected chi connectivity index (χ2v) is 7.48. The summed E-state index contributed by atoms with van der Waals surface area (Å²) in [5.74, 6) is 1.04. The number of aromatic nitrogens is 2. The Bertz CT molecular complexity index is 870. The van der Waals surface area contributed by atoms with Crippen LogP contribution in [-0.4, -0.2) is 36.0 Å². The smallest absolute Gasteiger partial charge is 0.237 e. The Balaban J connectivity index is 1.58. The SMILES string of the molecule is COc1ccccc1Nc1nnc(SCC(=O)N(C)c2ccccc2)s1. The molecular formula is C18H18N4O2S2. The van der Waals surface area contributed by atoms with Crippen LogP contribution < -0.4 is 15.0 Å². The standard InChI is InChI=1S/C18H18N4O2S2/c1-22(13-8-4-3-5-9-13)16(23)12-25-18-21-20-17(26-18)19-14-10-6-7-11-15(14)24-2/h3-11H,12H2,1-2H3,(H,19,20). The number of hydrogen-bond acceptors (Lipinski definition) is 7. The molecule has 134 valence electrons. The third kappa shape index (κ3) is 4.53. The minimum Gasteiger partial charge on any atom is -0.495 e. The number of methoxy groups -OCH3 is 1. The van der Waals surface area contributed by atoms with E-state index in [1.807, 2.05) is 54.6 Å². The predicted molar refractivity (Wildman–Crippen MR) is 107 cm³/mol. The van der Waals surface area contributed by atoms with Gasteiger partial charge in [0.1, 0.15) is 5.75 Å². The van der Waals surface area contributed by atoms with Gasteiger partial charge in [-0.05, 0) is 24.3 Å². The molecule has 6 nitrogen and oxygen atoms in total. The summed E-state index contributed by atoms with van der Waals surface area (Å²) >= 11 is 2.78. The highest BCUT2D eigenvalue weighted by molar-refractivity contribution is 8.01. The van der Waals surface area contributed by atoms with Crippen LogP contribution in [0.2, 0.25) is 0 Å². The van der Waals surface area contributed by atoms with Crippen LogP contribution in [-0.2, 0) is 4.79 Å². The lowest BCUT2D eigenvalue weighted by molar-refractivity contribution is -0.115. The minimum absolute atomic E-state index is 0.00985. The molecule has 1 aromatic heterocycles. The molecule has 3 aromatic rings. The summed E-state index contributed by atoms with van der Waals surface area (Å²) in [7, 11) is 3.39. The monoisotopic (exact) mass is 386 g/mol. The van der Waals surface area contributed by atoms with Gasteiger partial charge in [0.2, 0.25) is 11.0 Å². The van der Waals surface area contributed by atoms with Gasteiger partial charge in [-0.15, -0.1) is 10.2 Å². The zero-order valence-corrected chi connectivity index (χ0v) is 16.0. The molecule has 2 aromatic carbocycles. The summed E-state index contributed by atoms with van der Waals surface area (Å²) in [6.45, 7) is 0. The number of para-hydroxylation sites is 3. The molecule has 0 unspecified atom stereocenters. The van der Waals surface area contributed by atoms with Crippen LogP contribution in [0.4, 0.5) is 16.5 Å². The van der Waals surface area contributed by atoms with Crippen molar-refractivity contribution in [1.82, 2.24) is 10.2 Å². The fraction of sp³-hybridized carbons (Fsp3) is 0.167. The molecule has 0 saturated heterocycles. The van der Waals surface area contributed by atoms with Crippen molar-refractivity contribution in [2.45, 2.75) is 4.34 Å². The van der Waals surface area contributed by atoms with E-state index >= 15 is 0 Å². The number of benzene rings is 2. The van der Waals surface area contributed by atoms with Gasteiger partial charge in [-0.3, -0.25) is 4.79 Å². The van der Waals surface area contributed by atoms with Gasteiger partial charge >= 0.3 is 0 Å². The molecular weight excluding hydrogens is 368 g/mol. The number of rotatable bonds is 7. The third-order valence-corrected chi connectivity index (χ3v) is 5.55. The van der Waals surface area contributed by atoms with Crippen LogP contribution in [0.25, 0.3) is 0 Å². The molecule has 0 aliphatic carbocycles. The largest absolute Gasteiger partial charge is 0.495 e. The van der Waals surface area contributed by atoms with Gasteiger partial charge in [0.05, 0.1) is 18.6 Å². The van der Waals surface area contributed by atoms with Crippen molar-refractivity contribution in [3.05, 3.63) is 54.6 Å². The predicted octanol–water partition coefficient (Wildman–Crippen LogP) is 4.05. The average molecular weight is 387 g/mol. The molecule has 0 bridgehead atoms. The first-order valence-electron chi connectivity index (χ1n) is 7.85. The molecule has 0 atom stereocenters. The molecule has 0 aliphatic heterocycles. The zero-order chi connectivity index (χ0) is 18.4. The van der Waals surface area contributed by atoms with E-state index in [1.165, 1.54) is 23.1 Å². The van der Waals surface area contributed by atoms with Gasteiger partial charge in [0, 0.05) is 12.7 Å². The summed E-state index contributed by atoms with van der Waals surface area (Å²) in [6.07, 6.45) is 0.